The third-order valence-electron chi connectivity index (χ3n) is 5.14. The maximum absolute atomic E-state index is 13.0. The van der Waals surface area contributed by atoms with Crippen LogP contribution in [0.5, 0.6) is 11.5 Å². The van der Waals surface area contributed by atoms with Crippen molar-refractivity contribution in [3.8, 4) is 11.5 Å². The molecule has 2 heterocycles. The first kappa shape index (κ1) is 17.9. The third-order valence-corrected chi connectivity index (χ3v) is 5.14. The van der Waals surface area contributed by atoms with Gasteiger partial charge in [-0.05, 0) is 40.7 Å². The second-order valence-electron chi connectivity index (χ2n) is 8.15. The smallest absolute Gasteiger partial charge is 0.246 e. The SMILES string of the molecule is CC(C)(C)c1ccc2c(c1)C(C(=O)Nc1ccc3c(c1)OCCO3)NCC2. The maximum Gasteiger partial charge on any atom is 0.246 e. The van der Waals surface area contributed by atoms with Gasteiger partial charge in [0.05, 0.1) is 0 Å². The number of nitrogens with one attached hydrogen (secondary N) is 2. The lowest BCUT2D eigenvalue weighted by Gasteiger charge is -2.29. The summed E-state index contributed by atoms with van der Waals surface area (Å²) in [4.78, 5) is 13.0. The van der Waals surface area contributed by atoms with E-state index in [1.165, 1.54) is 11.1 Å². The second kappa shape index (κ2) is 6.89. The van der Waals surface area contributed by atoms with Crippen molar-refractivity contribution in [2.45, 2.75) is 38.6 Å². The zero-order valence-electron chi connectivity index (χ0n) is 16.1. The molecule has 5 heteroatoms. The summed E-state index contributed by atoms with van der Waals surface area (Å²) < 4.78 is 11.1. The van der Waals surface area contributed by atoms with Crippen molar-refractivity contribution in [3.05, 3.63) is 53.1 Å². The molecule has 0 aliphatic carbocycles. The Bertz CT molecular complexity index is 870. The van der Waals surface area contributed by atoms with Crippen LogP contribution >= 0.6 is 0 Å². The molecule has 0 bridgehead atoms. The number of ether oxygens (including phenoxy) is 2. The summed E-state index contributed by atoms with van der Waals surface area (Å²) >= 11 is 0. The van der Waals surface area contributed by atoms with E-state index in [1.807, 2.05) is 18.2 Å². The van der Waals surface area contributed by atoms with E-state index >= 15 is 0 Å². The summed E-state index contributed by atoms with van der Waals surface area (Å²) in [6, 6.07) is 11.7. The van der Waals surface area contributed by atoms with E-state index in [1.54, 1.807) is 0 Å². The van der Waals surface area contributed by atoms with E-state index in [-0.39, 0.29) is 17.4 Å². The molecule has 0 aromatic heterocycles. The molecule has 1 atom stereocenters. The molecule has 5 nitrogen and oxygen atoms in total. The van der Waals surface area contributed by atoms with Gasteiger partial charge in [0.2, 0.25) is 5.91 Å². The molecule has 0 radical (unpaired) electrons. The molecule has 0 fully saturated rings. The highest BCUT2D eigenvalue weighted by molar-refractivity contribution is 5.96. The average Bonchev–Trinajstić information content (AvgIpc) is 2.66. The lowest BCUT2D eigenvalue weighted by atomic mass is 9.82. The number of carbonyl (C=O) groups excluding carboxylic acids is 1. The van der Waals surface area contributed by atoms with Crippen LogP contribution in [0.15, 0.2) is 36.4 Å². The second-order valence-corrected chi connectivity index (χ2v) is 8.15. The Morgan fingerprint density at radius 2 is 1.85 bits per heavy atom. The van der Waals surface area contributed by atoms with Crippen LogP contribution in [-0.4, -0.2) is 25.7 Å². The molecule has 27 heavy (non-hydrogen) atoms. The van der Waals surface area contributed by atoms with Gasteiger partial charge < -0.3 is 20.1 Å². The van der Waals surface area contributed by atoms with Crippen LogP contribution in [0.3, 0.4) is 0 Å². The summed E-state index contributed by atoms with van der Waals surface area (Å²) in [6.45, 7) is 8.44. The third kappa shape index (κ3) is 3.65. The Kier molecular flexibility index (Phi) is 4.56. The van der Waals surface area contributed by atoms with Crippen molar-refractivity contribution in [3.63, 3.8) is 0 Å². The van der Waals surface area contributed by atoms with Crippen molar-refractivity contribution >= 4 is 11.6 Å². The molecule has 2 aromatic carbocycles. The summed E-state index contributed by atoms with van der Waals surface area (Å²) in [5.74, 6) is 1.33. The topological polar surface area (TPSA) is 59.6 Å². The van der Waals surface area contributed by atoms with E-state index in [9.17, 15) is 4.79 Å². The highest BCUT2D eigenvalue weighted by atomic mass is 16.6. The molecular weight excluding hydrogens is 340 g/mol. The van der Waals surface area contributed by atoms with E-state index < -0.39 is 0 Å². The average molecular weight is 366 g/mol. The molecule has 2 N–H and O–H groups in total. The Morgan fingerprint density at radius 3 is 2.63 bits per heavy atom. The molecule has 2 aromatic rings. The number of anilines is 1. The van der Waals surface area contributed by atoms with Gasteiger partial charge in [-0.25, -0.2) is 0 Å². The fourth-order valence-corrected chi connectivity index (χ4v) is 3.59. The quantitative estimate of drug-likeness (QED) is 0.853. The molecular formula is C22H26N2O3. The van der Waals surface area contributed by atoms with Crippen LogP contribution in [-0.2, 0) is 16.6 Å². The lowest BCUT2D eigenvalue weighted by molar-refractivity contribution is -0.118. The first-order chi connectivity index (χ1) is 12.9. The van der Waals surface area contributed by atoms with Gasteiger partial charge in [-0.2, -0.15) is 0 Å². The first-order valence-corrected chi connectivity index (χ1v) is 9.49. The van der Waals surface area contributed by atoms with Gasteiger partial charge in [-0.15, -0.1) is 0 Å². The van der Waals surface area contributed by atoms with Gasteiger partial charge in [0.1, 0.15) is 19.3 Å². The minimum absolute atomic E-state index is 0.0450. The molecule has 2 aliphatic heterocycles. The van der Waals surface area contributed by atoms with E-state index in [4.69, 9.17) is 9.47 Å². The van der Waals surface area contributed by atoms with Crippen molar-refractivity contribution in [2.24, 2.45) is 0 Å². The molecule has 4 rings (SSSR count). The molecule has 1 unspecified atom stereocenters. The normalized spacial score (nSPS) is 18.6. The molecule has 142 valence electrons. The van der Waals surface area contributed by atoms with E-state index in [0.29, 0.717) is 24.7 Å². The van der Waals surface area contributed by atoms with Gasteiger partial charge in [0.15, 0.2) is 11.5 Å². The lowest BCUT2D eigenvalue weighted by Crippen LogP contribution is -2.38. The number of amides is 1. The Balaban J connectivity index is 1.58. The predicted octanol–water partition coefficient (Wildman–Crippen LogP) is 3.58. The van der Waals surface area contributed by atoms with Crippen LogP contribution in [0.25, 0.3) is 0 Å². The zero-order chi connectivity index (χ0) is 19.0. The summed E-state index contributed by atoms with van der Waals surface area (Å²) in [5, 5.41) is 6.39. The van der Waals surface area contributed by atoms with Crippen LogP contribution in [0.4, 0.5) is 5.69 Å². The largest absolute Gasteiger partial charge is 0.486 e. The van der Waals surface area contributed by atoms with Gasteiger partial charge in [0, 0.05) is 18.3 Å². The Hall–Kier alpha value is -2.53. The fraction of sp³-hybridized carbons (Fsp3) is 0.409. The van der Waals surface area contributed by atoms with Gasteiger partial charge in [-0.1, -0.05) is 39.0 Å². The number of hydrogen-bond acceptors (Lipinski definition) is 4. The Morgan fingerprint density at radius 1 is 1.07 bits per heavy atom. The highest BCUT2D eigenvalue weighted by Crippen LogP contribution is 2.34. The first-order valence-electron chi connectivity index (χ1n) is 9.49. The van der Waals surface area contributed by atoms with Crippen molar-refractivity contribution < 1.29 is 14.3 Å². The molecule has 1 amide bonds. The number of fused-ring (bicyclic) bond motifs is 2. The van der Waals surface area contributed by atoms with Crippen LogP contribution < -0.4 is 20.1 Å². The van der Waals surface area contributed by atoms with E-state index in [2.05, 4.69) is 49.6 Å². The predicted molar refractivity (Wildman–Crippen MR) is 106 cm³/mol. The number of carbonyl (C=O) groups is 1. The van der Waals surface area contributed by atoms with Crippen molar-refractivity contribution in [1.29, 1.82) is 0 Å². The molecule has 0 saturated heterocycles. The van der Waals surface area contributed by atoms with Gasteiger partial charge in [0.25, 0.3) is 0 Å². The van der Waals surface area contributed by atoms with E-state index in [0.717, 1.165) is 24.3 Å². The minimum Gasteiger partial charge on any atom is -0.486 e. The maximum atomic E-state index is 13.0. The van der Waals surface area contributed by atoms with Crippen molar-refractivity contribution in [1.82, 2.24) is 5.32 Å². The summed E-state index contributed by atoms with van der Waals surface area (Å²) in [5.41, 5.74) is 4.31. The van der Waals surface area contributed by atoms with Gasteiger partial charge in [-0.3, -0.25) is 4.79 Å². The molecule has 2 aliphatic rings. The molecule has 0 spiro atoms. The standard InChI is InChI=1S/C22H26N2O3/c1-22(2,3)15-5-4-14-8-9-23-20(17(14)12-15)21(25)24-16-6-7-18-19(13-16)27-11-10-26-18/h4-7,12-13,20,23H,8-11H2,1-3H3,(H,24,25). The summed E-state index contributed by atoms with van der Waals surface area (Å²) in [7, 11) is 0. The van der Waals surface area contributed by atoms with Crippen molar-refractivity contribution in [2.75, 3.05) is 25.1 Å². The summed E-state index contributed by atoms with van der Waals surface area (Å²) in [6.07, 6.45) is 0.938. The van der Waals surface area contributed by atoms with Gasteiger partial charge >= 0.3 is 0 Å². The highest BCUT2D eigenvalue weighted by Gasteiger charge is 2.28. The number of benzene rings is 2. The zero-order valence-corrected chi connectivity index (χ0v) is 16.1. The Labute approximate surface area is 160 Å². The minimum atomic E-state index is -0.357. The number of rotatable bonds is 2. The van der Waals surface area contributed by atoms with Crippen LogP contribution in [0.1, 0.15) is 43.5 Å². The molecule has 0 saturated carbocycles. The van der Waals surface area contributed by atoms with Crippen LogP contribution in [0, 0.1) is 0 Å². The number of hydrogen-bond donors (Lipinski definition) is 2. The fourth-order valence-electron chi connectivity index (χ4n) is 3.59. The monoisotopic (exact) mass is 366 g/mol. The van der Waals surface area contributed by atoms with Crippen LogP contribution in [0.2, 0.25) is 0 Å².